The van der Waals surface area contributed by atoms with Gasteiger partial charge < -0.3 is 23.8 Å². The van der Waals surface area contributed by atoms with Gasteiger partial charge in [-0.1, -0.05) is 34.1 Å². The number of hydrogen-bond acceptors (Lipinski definition) is 9. The van der Waals surface area contributed by atoms with E-state index in [0.717, 1.165) is 0 Å². The van der Waals surface area contributed by atoms with E-state index in [1.54, 1.807) is 39.0 Å². The van der Waals surface area contributed by atoms with Crippen LogP contribution in [0.15, 0.2) is 18.2 Å². The number of hydrogen-bond donors (Lipinski definition) is 0. The Balaban J connectivity index is 1.62. The summed E-state index contributed by atoms with van der Waals surface area (Å²) in [5.74, 6) is -6.14. The van der Waals surface area contributed by atoms with Crippen molar-refractivity contribution in [3.05, 3.63) is 23.9 Å². The van der Waals surface area contributed by atoms with Gasteiger partial charge in [0, 0.05) is 18.4 Å². The second-order valence-electron chi connectivity index (χ2n) is 15.5. The summed E-state index contributed by atoms with van der Waals surface area (Å²) in [7, 11) is 1.49. The van der Waals surface area contributed by atoms with Gasteiger partial charge in [0.15, 0.2) is 5.69 Å². The zero-order chi connectivity index (χ0) is 35.2. The monoisotopic (exact) mass is 673 g/mol. The fourth-order valence-corrected chi connectivity index (χ4v) is 6.88. The lowest BCUT2D eigenvalue weighted by Gasteiger charge is -2.35. The lowest BCUT2D eigenvalue weighted by atomic mass is 9.77. The third-order valence-corrected chi connectivity index (χ3v) is 9.62. The topological polar surface area (TPSA) is 117 Å². The Hall–Kier alpha value is -3.57. The van der Waals surface area contributed by atoms with Crippen LogP contribution in [0.25, 0.3) is 11.0 Å². The van der Waals surface area contributed by atoms with Crippen molar-refractivity contribution in [2.24, 2.45) is 23.2 Å². The normalized spacial score (nSPS) is 28.3. The minimum Gasteiger partial charge on any atom is -0.497 e. The van der Waals surface area contributed by atoms with E-state index in [1.165, 1.54) is 12.0 Å². The van der Waals surface area contributed by atoms with Crippen LogP contribution in [0.1, 0.15) is 99.1 Å². The lowest BCUT2D eigenvalue weighted by Crippen LogP contribution is -2.50. The van der Waals surface area contributed by atoms with Crippen molar-refractivity contribution >= 4 is 28.9 Å². The van der Waals surface area contributed by atoms with Crippen molar-refractivity contribution in [2.75, 3.05) is 13.7 Å². The van der Waals surface area contributed by atoms with Gasteiger partial charge in [0.2, 0.25) is 11.8 Å². The molecule has 2 fully saturated rings. The average molecular weight is 674 g/mol. The fourth-order valence-electron chi connectivity index (χ4n) is 6.88. The number of ether oxygens (including phenoxy) is 4. The molecule has 1 saturated heterocycles. The van der Waals surface area contributed by atoms with Crippen LogP contribution in [-0.2, 0) is 29.8 Å². The number of methoxy groups -OCH3 is 1. The van der Waals surface area contributed by atoms with Crippen LogP contribution < -0.4 is 9.47 Å². The number of alkyl halides is 2. The first-order chi connectivity index (χ1) is 22.4. The summed E-state index contributed by atoms with van der Waals surface area (Å²) in [6, 6.07) is 3.72. The Morgan fingerprint density at radius 3 is 2.42 bits per heavy atom. The summed E-state index contributed by atoms with van der Waals surface area (Å²) in [4.78, 5) is 51.9. The van der Waals surface area contributed by atoms with Crippen molar-refractivity contribution in [1.29, 1.82) is 0 Å². The summed E-state index contributed by atoms with van der Waals surface area (Å²) in [5.41, 5.74) is -1.55. The summed E-state index contributed by atoms with van der Waals surface area (Å²) in [6.07, 6.45) is 0.615. The second kappa shape index (κ2) is 13.4. The second-order valence-corrected chi connectivity index (χ2v) is 15.5. The van der Waals surface area contributed by atoms with Gasteiger partial charge >= 0.3 is 11.9 Å². The molecule has 1 amide bonds. The maximum atomic E-state index is 16.1. The molecule has 0 unspecified atom stereocenters. The molecule has 1 aromatic carbocycles. The Labute approximate surface area is 281 Å². The number of benzene rings is 1. The van der Waals surface area contributed by atoms with Crippen molar-refractivity contribution in [3.8, 4) is 11.6 Å². The maximum Gasteiger partial charge on any atom is 0.329 e. The molecule has 48 heavy (non-hydrogen) atoms. The third-order valence-electron chi connectivity index (χ3n) is 9.62. The first-order valence-corrected chi connectivity index (χ1v) is 17.1. The van der Waals surface area contributed by atoms with Gasteiger partial charge in [-0.15, -0.1) is 0 Å². The minimum atomic E-state index is -3.38. The van der Waals surface area contributed by atoms with Gasteiger partial charge in [-0.3, -0.25) is 9.59 Å². The van der Waals surface area contributed by atoms with Gasteiger partial charge in [-0.05, 0) is 69.9 Å². The predicted molar refractivity (Wildman–Crippen MR) is 174 cm³/mol. The van der Waals surface area contributed by atoms with Crippen LogP contribution in [0.4, 0.5) is 8.78 Å². The molecule has 10 nitrogen and oxygen atoms in total. The van der Waals surface area contributed by atoms with E-state index in [2.05, 4.69) is 9.97 Å². The quantitative estimate of drug-likeness (QED) is 0.332. The van der Waals surface area contributed by atoms with Crippen molar-refractivity contribution in [1.82, 2.24) is 14.9 Å². The molecule has 5 rings (SSSR count). The molecular weight excluding hydrogens is 624 g/mol. The van der Waals surface area contributed by atoms with E-state index in [0.29, 0.717) is 36.9 Å². The molecule has 6 atom stereocenters. The maximum absolute atomic E-state index is 16.1. The molecule has 264 valence electrons. The molecule has 2 aliphatic heterocycles. The smallest absolute Gasteiger partial charge is 0.329 e. The third kappa shape index (κ3) is 7.83. The summed E-state index contributed by atoms with van der Waals surface area (Å²) < 4.78 is 55.5. The molecule has 3 heterocycles. The molecule has 0 spiro atoms. The Bertz CT molecular complexity index is 1540. The lowest BCUT2D eigenvalue weighted by molar-refractivity contribution is -0.167. The van der Waals surface area contributed by atoms with Crippen LogP contribution in [-0.4, -0.2) is 70.2 Å². The summed E-state index contributed by atoms with van der Waals surface area (Å²) in [6.45, 7) is 12.6. The van der Waals surface area contributed by atoms with Crippen LogP contribution in [0, 0.1) is 23.2 Å². The number of amides is 1. The van der Waals surface area contributed by atoms with Gasteiger partial charge in [-0.2, -0.15) is 8.78 Å². The number of rotatable bonds is 3. The van der Waals surface area contributed by atoms with Crippen LogP contribution in [0.2, 0.25) is 0 Å². The number of nitrogens with zero attached hydrogens (tertiary/aromatic N) is 3. The zero-order valence-corrected chi connectivity index (χ0v) is 29.3. The Morgan fingerprint density at radius 1 is 1.04 bits per heavy atom. The zero-order valence-electron chi connectivity index (χ0n) is 29.3. The molecule has 1 aromatic heterocycles. The molecule has 0 N–H and O–H groups in total. The standard InChI is InChI=1S/C36H49F2N3O7/c1-9-22-27-19-41(29(22)33(44)48-35(5,6)7)32(43)23(34(2,3)4)18-28(42)46-26-16-20(26)12-10-11-15-36(37,38)30-31(47-27)40-25-17-21(45-8)13-14-24(25)39-30/h13-14,17,20,22-23,26-27,29H,9-12,15-16,18-19H2,1-8H3/t20-,22-,23-,26-,27+,29+/m1/s1. The highest BCUT2D eigenvalue weighted by Crippen LogP contribution is 2.44. The van der Waals surface area contributed by atoms with Gasteiger partial charge in [0.05, 0.1) is 37.0 Å². The van der Waals surface area contributed by atoms with Crippen molar-refractivity contribution < 1.29 is 42.1 Å². The van der Waals surface area contributed by atoms with E-state index in [1.807, 2.05) is 27.7 Å². The van der Waals surface area contributed by atoms with Crippen molar-refractivity contribution in [3.63, 3.8) is 0 Å². The first kappa shape index (κ1) is 35.7. The largest absolute Gasteiger partial charge is 0.497 e. The molecule has 1 saturated carbocycles. The minimum absolute atomic E-state index is 0.0979. The van der Waals surface area contributed by atoms with Crippen molar-refractivity contribution in [2.45, 2.75) is 123 Å². The van der Waals surface area contributed by atoms with Gasteiger partial charge in [0.25, 0.3) is 5.92 Å². The van der Waals surface area contributed by atoms with E-state index in [-0.39, 0.29) is 42.8 Å². The van der Waals surface area contributed by atoms with Gasteiger partial charge in [-0.25, -0.2) is 14.8 Å². The number of fused-ring (bicyclic) bond motifs is 5. The van der Waals surface area contributed by atoms with E-state index in [4.69, 9.17) is 18.9 Å². The van der Waals surface area contributed by atoms with Crippen LogP contribution in [0.3, 0.4) is 0 Å². The molecule has 12 heteroatoms. The highest BCUT2D eigenvalue weighted by molar-refractivity contribution is 5.90. The van der Waals surface area contributed by atoms with Crippen LogP contribution >= 0.6 is 0 Å². The Kier molecular flexibility index (Phi) is 9.96. The number of aromatic nitrogens is 2. The fraction of sp³-hybridized carbons (Fsp3) is 0.694. The van der Waals surface area contributed by atoms with E-state index in [9.17, 15) is 14.4 Å². The van der Waals surface area contributed by atoms with Crippen LogP contribution in [0.5, 0.6) is 11.6 Å². The predicted octanol–water partition coefficient (Wildman–Crippen LogP) is 6.61. The molecule has 2 bridgehead atoms. The number of carbonyl (C=O) groups excluding carboxylic acids is 3. The van der Waals surface area contributed by atoms with E-state index < -0.39 is 70.9 Å². The highest BCUT2D eigenvalue weighted by Gasteiger charge is 2.53. The average Bonchev–Trinajstić information content (AvgIpc) is 3.61. The number of carbonyl (C=O) groups is 3. The molecule has 1 aliphatic carbocycles. The SMILES string of the molecule is CC[C@@H]1[C@@H]2CN(C(=O)[C@H](C(C)(C)C)CC(=O)O[C@@H]3C[C@H]3CCCCC(F)(F)c3nc4ccc(OC)cc4nc3O2)[C@@H]1C(=O)OC(C)(C)C. The first-order valence-electron chi connectivity index (χ1n) is 17.1. The molecular formula is C36H49F2N3O7. The Morgan fingerprint density at radius 2 is 1.77 bits per heavy atom. The number of halogens is 2. The summed E-state index contributed by atoms with van der Waals surface area (Å²) >= 11 is 0. The molecule has 2 aromatic rings. The molecule has 3 aliphatic rings. The highest BCUT2D eigenvalue weighted by atomic mass is 19.3. The van der Waals surface area contributed by atoms with E-state index >= 15 is 8.78 Å². The molecule has 0 radical (unpaired) electrons. The number of esters is 2. The summed E-state index contributed by atoms with van der Waals surface area (Å²) in [5, 5.41) is 0. The van der Waals surface area contributed by atoms with Gasteiger partial charge in [0.1, 0.15) is 29.6 Å².